The third-order valence-corrected chi connectivity index (χ3v) is 6.09. The second kappa shape index (κ2) is 11.7. The summed E-state index contributed by atoms with van der Waals surface area (Å²) in [6.45, 7) is -0.215. The Labute approximate surface area is 204 Å². The molecule has 0 aliphatic carbocycles. The van der Waals surface area contributed by atoms with Crippen LogP contribution in [0.1, 0.15) is 6.42 Å². The van der Waals surface area contributed by atoms with E-state index in [2.05, 4.69) is 5.32 Å². The molecule has 1 saturated heterocycles. The van der Waals surface area contributed by atoms with Gasteiger partial charge in [-0.2, -0.15) is 0 Å². The van der Waals surface area contributed by atoms with Gasteiger partial charge >= 0.3 is 118 Å². The van der Waals surface area contributed by atoms with Gasteiger partial charge in [0.05, 0.1) is 6.10 Å². The number of β-amino-alcohol motifs (C(OH)–C–C–N with tert-alkyl or cyclic N) is 1. The molecule has 1 aliphatic heterocycles. The average molecular weight is 365 g/mol. The summed E-state index contributed by atoms with van der Waals surface area (Å²) in [5.74, 6) is 0. The van der Waals surface area contributed by atoms with E-state index in [4.69, 9.17) is 5.11 Å². The maximum absolute atomic E-state index is 10.7. The summed E-state index contributed by atoms with van der Waals surface area (Å²) in [6, 6.07) is -1.82. The molecule has 9 nitrogen and oxygen atoms in total. The molecular weight excluding hydrogens is 356 g/mol. The van der Waals surface area contributed by atoms with Crippen LogP contribution in [0.4, 0.5) is 0 Å². The number of hydrogen-bond acceptors (Lipinski definition) is 9. The molecule has 1 heterocycles. The van der Waals surface area contributed by atoms with Crippen molar-refractivity contribution in [3.05, 3.63) is 0 Å². The monoisotopic (exact) mass is 365 g/mol. The Morgan fingerprint density at radius 2 is 1.35 bits per heavy atom. The molecule has 96 valence electrons. The molecule has 0 unspecified atom stereocenters. The van der Waals surface area contributed by atoms with Crippen molar-refractivity contribution in [1.29, 1.82) is 0 Å². The average Bonchev–Trinajstić information content (AvgIpc) is 2.46. The van der Waals surface area contributed by atoms with Crippen molar-refractivity contribution in [1.82, 2.24) is 5.32 Å². The van der Waals surface area contributed by atoms with Gasteiger partial charge in [-0.3, -0.25) is 0 Å². The van der Waals surface area contributed by atoms with Gasteiger partial charge in [-0.05, 0) is 21.6 Å². The van der Waals surface area contributed by atoms with Crippen molar-refractivity contribution in [2.45, 2.75) is 23.6 Å². The summed E-state index contributed by atoms with van der Waals surface area (Å²) in [7, 11) is -12.2. The minimum atomic E-state index is -6.09. The summed E-state index contributed by atoms with van der Waals surface area (Å²) in [6.07, 6.45) is -1.64. The first-order valence-corrected chi connectivity index (χ1v) is 7.27. The molecule has 15 heteroatoms. The Morgan fingerprint density at radius 3 is 1.55 bits per heavy atom. The summed E-state index contributed by atoms with van der Waals surface area (Å²) in [4.78, 5) is 42.9. The van der Waals surface area contributed by atoms with Crippen molar-refractivity contribution in [2.24, 2.45) is 0 Å². The molecule has 1 aliphatic rings. The van der Waals surface area contributed by atoms with E-state index < -0.39 is 38.8 Å². The fourth-order valence-electron chi connectivity index (χ4n) is 1.54. The maximum Gasteiger partial charge on any atom is 1.00 e. The first kappa shape index (κ1) is 31.9. The third kappa shape index (κ3) is 7.20. The predicted octanol–water partition coefficient (Wildman–Crippen LogP) is -16.8. The second-order valence-electron chi connectivity index (χ2n) is 3.53. The van der Waals surface area contributed by atoms with Crippen LogP contribution < -0.4 is 143 Å². The molecule has 0 aromatic heterocycles. The number of aliphatic hydroxyl groups excluding tert-OH is 1. The van der Waals surface area contributed by atoms with Crippen LogP contribution in [-0.4, -0.2) is 34.0 Å². The maximum atomic E-state index is 10.7. The Hall–Kier alpha value is 4.18. The predicted molar refractivity (Wildman–Crippen MR) is 42.6 cm³/mol. The number of nitrogens with one attached hydrogen (secondary N) is 1. The Morgan fingerprint density at radius 1 is 1.00 bits per heavy atom. The van der Waals surface area contributed by atoms with E-state index in [9.17, 15) is 33.8 Å². The summed E-state index contributed by atoms with van der Waals surface area (Å²) < 4.78 is 21.4. The van der Waals surface area contributed by atoms with Gasteiger partial charge in [0.1, 0.15) is 5.08 Å². The van der Waals surface area contributed by atoms with E-state index in [0.717, 1.165) is 0 Å². The van der Waals surface area contributed by atoms with Gasteiger partial charge in [-0.1, -0.05) is 0 Å². The molecule has 3 N–H and O–H groups in total. The smallest absolute Gasteiger partial charge is 0.808 e. The molecule has 0 radical (unpaired) electrons. The first-order valence-electron chi connectivity index (χ1n) is 4.18. The van der Waals surface area contributed by atoms with E-state index in [1.807, 2.05) is 0 Å². The fraction of sp³-hybridized carbons (Fsp3) is 1.00. The van der Waals surface area contributed by atoms with Crippen LogP contribution in [0.25, 0.3) is 0 Å². The van der Waals surface area contributed by atoms with Crippen LogP contribution in [0.2, 0.25) is 0 Å². The van der Waals surface area contributed by atoms with Gasteiger partial charge in [0.25, 0.3) is 0 Å². The molecule has 1 fully saturated rings. The molecule has 20 heavy (non-hydrogen) atoms. The quantitative estimate of drug-likeness (QED) is 0.323. The Kier molecular flexibility index (Phi) is 18.7. The second-order valence-corrected chi connectivity index (χ2v) is 7.24. The zero-order valence-electron chi connectivity index (χ0n) is 11.8. The van der Waals surface area contributed by atoms with Gasteiger partial charge in [0.2, 0.25) is 0 Å². The van der Waals surface area contributed by atoms with Gasteiger partial charge in [0.15, 0.2) is 0 Å². The van der Waals surface area contributed by atoms with Crippen molar-refractivity contribution in [3.63, 3.8) is 0 Å². The summed E-state index contributed by atoms with van der Waals surface area (Å²) in [5, 5.41) is 16.6. The Balaban J connectivity index is -0.000000320. The van der Waals surface area contributed by atoms with Gasteiger partial charge in [0, 0.05) is 12.6 Å². The van der Waals surface area contributed by atoms with Crippen LogP contribution in [0.3, 0.4) is 0 Å². The van der Waals surface area contributed by atoms with Crippen molar-refractivity contribution >= 4 is 15.2 Å². The zero-order chi connectivity index (χ0) is 12.8. The van der Waals surface area contributed by atoms with E-state index in [1.165, 1.54) is 0 Å². The summed E-state index contributed by atoms with van der Waals surface area (Å²) in [5.41, 5.74) is 0. The molecule has 0 bridgehead atoms. The number of aliphatic hydroxyl groups is 2. The minimum Gasteiger partial charge on any atom is -0.808 e. The van der Waals surface area contributed by atoms with Gasteiger partial charge < -0.3 is 44.2 Å². The van der Waals surface area contributed by atoms with E-state index in [-0.39, 0.29) is 125 Å². The number of hydrogen-bond donors (Lipinski definition) is 3. The topological polar surface area (TPSA) is 179 Å². The molecule has 0 saturated carbocycles. The normalized spacial score (nSPS) is 22.7. The van der Waals surface area contributed by atoms with E-state index >= 15 is 0 Å². The van der Waals surface area contributed by atoms with Crippen molar-refractivity contribution in [2.75, 3.05) is 6.54 Å². The molecule has 0 spiro atoms. The largest absolute Gasteiger partial charge is 1.00 e. The fourth-order valence-corrected chi connectivity index (χ4v) is 3.90. The number of rotatable bonds is 3. The van der Waals surface area contributed by atoms with Crippen LogP contribution in [-0.2, 0) is 9.13 Å². The SMILES string of the molecule is O=P([O-])([O-])C(O)([C@@H]1C[C@@H](O)CN1)P(=O)([O-])[O-].[Na+].[Na+].[Na+].[Na+]. The standard InChI is InChI=1S/C5H13NO8P2.4Na/c7-3-1-4(6-2-3)5(8,15(9,10)11)16(12,13)14;;;;/h3-4,6-8H,1-2H2,(H2,9,10,11)(H2,12,13,14);;;;/q;4*+1/p-4/t3-,4+;;;;/m1..../s1. The van der Waals surface area contributed by atoms with Gasteiger partial charge in [-0.25, -0.2) is 0 Å². The van der Waals surface area contributed by atoms with Crippen LogP contribution >= 0.6 is 15.2 Å². The molecular formula is C5H9NNa4O8P2. The first-order chi connectivity index (χ1) is 7.00. The molecule has 0 aromatic carbocycles. The van der Waals surface area contributed by atoms with E-state index in [1.54, 1.807) is 0 Å². The molecule has 1 rings (SSSR count). The van der Waals surface area contributed by atoms with Gasteiger partial charge in [-0.15, -0.1) is 0 Å². The van der Waals surface area contributed by atoms with E-state index in [0.29, 0.717) is 0 Å². The third-order valence-electron chi connectivity index (χ3n) is 2.38. The van der Waals surface area contributed by atoms with Crippen molar-refractivity contribution < 1.29 is 157 Å². The zero-order valence-corrected chi connectivity index (χ0v) is 21.6. The van der Waals surface area contributed by atoms with Crippen molar-refractivity contribution in [3.8, 4) is 0 Å². The molecule has 2 atom stereocenters. The van der Waals surface area contributed by atoms with Crippen LogP contribution in [0.5, 0.6) is 0 Å². The van der Waals surface area contributed by atoms with Crippen LogP contribution in [0.15, 0.2) is 0 Å². The molecule has 0 amide bonds. The van der Waals surface area contributed by atoms with Crippen LogP contribution in [0, 0.1) is 0 Å². The summed E-state index contributed by atoms with van der Waals surface area (Å²) >= 11 is 0. The molecule has 0 aromatic rings. The minimum absolute atomic E-state index is 0. The Bertz CT molecular complexity index is 352.